The number of benzene rings is 1. The highest BCUT2D eigenvalue weighted by Crippen LogP contribution is 2.18. The van der Waals surface area contributed by atoms with Crippen molar-refractivity contribution < 1.29 is 8.42 Å². The third-order valence-electron chi connectivity index (χ3n) is 3.75. The Morgan fingerprint density at radius 2 is 2.04 bits per heavy atom. The predicted octanol–water partition coefficient (Wildman–Crippen LogP) is 1.27. The second-order valence-corrected chi connectivity index (χ2v) is 7.54. The van der Waals surface area contributed by atoms with Gasteiger partial charge in [-0.1, -0.05) is 6.07 Å². The maximum absolute atomic E-state index is 12.5. The van der Waals surface area contributed by atoms with Gasteiger partial charge in [0.1, 0.15) is 0 Å². The summed E-state index contributed by atoms with van der Waals surface area (Å²) in [4.78, 5) is 4.28. The smallest absolute Gasteiger partial charge is 0.240 e. The minimum atomic E-state index is -3.57. The summed E-state index contributed by atoms with van der Waals surface area (Å²) in [5.74, 6) is 0. The molecule has 0 fully saturated rings. The zero-order valence-electron chi connectivity index (χ0n) is 14.2. The predicted molar refractivity (Wildman–Crippen MR) is 102 cm³/mol. The van der Waals surface area contributed by atoms with Crippen LogP contribution in [0.5, 0.6) is 0 Å². The van der Waals surface area contributed by atoms with E-state index in [2.05, 4.69) is 30.4 Å². The highest BCUT2D eigenvalue weighted by atomic mass is 35.5. The summed E-state index contributed by atoms with van der Waals surface area (Å²) in [5.41, 5.74) is 0.867. The average Bonchev–Trinajstić information content (AvgIpc) is 3.11. The van der Waals surface area contributed by atoms with E-state index in [0.717, 1.165) is 22.9 Å². The molecule has 2 aromatic heterocycles. The minimum Gasteiger partial charge on any atom is -0.315 e. The van der Waals surface area contributed by atoms with Gasteiger partial charge < -0.3 is 5.32 Å². The van der Waals surface area contributed by atoms with Crippen molar-refractivity contribution in [2.24, 2.45) is 0 Å². The molecule has 0 unspecified atom stereocenters. The quantitative estimate of drug-likeness (QED) is 0.494. The fourth-order valence-corrected chi connectivity index (χ4v) is 3.76. The van der Waals surface area contributed by atoms with Crippen molar-refractivity contribution in [1.29, 1.82) is 0 Å². The summed E-state index contributed by atoms with van der Waals surface area (Å²) in [7, 11) is -3.57. The standard InChI is InChI=1S/C16H20N6O2S.ClH/c1-12(9-17-7-5-15-11-19-22-20-15)21-25(23,24)16-3-2-14-10-18-6-4-13(14)8-16;/h2-4,6,8,10-12,17,21H,5,7,9H2,1H3,(H,19,20,22);1H/t12-;/m1./s1. The second kappa shape index (κ2) is 9.04. The Kier molecular flexibility index (Phi) is 7.04. The third-order valence-corrected chi connectivity index (χ3v) is 5.34. The van der Waals surface area contributed by atoms with Gasteiger partial charge >= 0.3 is 0 Å². The van der Waals surface area contributed by atoms with Gasteiger partial charge in [0.2, 0.25) is 10.0 Å². The first-order valence-corrected chi connectivity index (χ1v) is 9.44. The molecule has 26 heavy (non-hydrogen) atoms. The highest BCUT2D eigenvalue weighted by molar-refractivity contribution is 7.89. The van der Waals surface area contributed by atoms with Crippen molar-refractivity contribution >= 4 is 33.2 Å². The number of halogens is 1. The molecular formula is C16H21ClN6O2S. The van der Waals surface area contributed by atoms with Crippen molar-refractivity contribution in [2.45, 2.75) is 24.3 Å². The Hall–Kier alpha value is -2.07. The van der Waals surface area contributed by atoms with E-state index in [1.54, 1.807) is 42.9 Å². The Morgan fingerprint density at radius 3 is 2.81 bits per heavy atom. The molecule has 0 saturated carbocycles. The van der Waals surface area contributed by atoms with Crippen LogP contribution < -0.4 is 10.0 Å². The molecule has 1 atom stereocenters. The summed E-state index contributed by atoms with van der Waals surface area (Å²) in [6, 6.07) is 6.57. The van der Waals surface area contributed by atoms with E-state index in [-0.39, 0.29) is 23.3 Å². The zero-order chi connectivity index (χ0) is 17.7. The first-order valence-electron chi connectivity index (χ1n) is 7.96. The molecule has 1 aromatic carbocycles. The first kappa shape index (κ1) is 20.2. The van der Waals surface area contributed by atoms with Crippen LogP contribution in [0.2, 0.25) is 0 Å². The van der Waals surface area contributed by atoms with Crippen LogP contribution in [0.25, 0.3) is 10.8 Å². The largest absolute Gasteiger partial charge is 0.315 e. The van der Waals surface area contributed by atoms with Gasteiger partial charge in [-0.25, -0.2) is 13.1 Å². The molecule has 0 saturated heterocycles. The molecule has 0 radical (unpaired) electrons. The van der Waals surface area contributed by atoms with Crippen molar-refractivity contribution in [2.75, 3.05) is 13.1 Å². The van der Waals surface area contributed by atoms with Crippen LogP contribution in [0, 0.1) is 0 Å². The molecule has 140 valence electrons. The summed E-state index contributed by atoms with van der Waals surface area (Å²) >= 11 is 0. The molecule has 10 heteroatoms. The molecule has 2 heterocycles. The molecule has 3 rings (SSSR count). The topological polar surface area (TPSA) is 113 Å². The van der Waals surface area contributed by atoms with Crippen molar-refractivity contribution in [3.63, 3.8) is 0 Å². The van der Waals surface area contributed by atoms with Crippen molar-refractivity contribution in [1.82, 2.24) is 30.4 Å². The number of pyridine rings is 1. The normalized spacial score (nSPS) is 12.7. The summed E-state index contributed by atoms with van der Waals surface area (Å²) < 4.78 is 27.7. The van der Waals surface area contributed by atoms with Crippen LogP contribution in [-0.4, -0.2) is 47.9 Å². The number of aromatic amines is 1. The zero-order valence-corrected chi connectivity index (χ0v) is 15.8. The summed E-state index contributed by atoms with van der Waals surface area (Å²) in [6.45, 7) is 3.04. The van der Waals surface area contributed by atoms with Crippen LogP contribution in [0.4, 0.5) is 0 Å². The number of sulfonamides is 1. The molecule has 0 spiro atoms. The van der Waals surface area contributed by atoms with E-state index < -0.39 is 10.0 Å². The van der Waals surface area contributed by atoms with Gasteiger partial charge in [0, 0.05) is 43.3 Å². The van der Waals surface area contributed by atoms with Crippen LogP contribution in [0.3, 0.4) is 0 Å². The van der Waals surface area contributed by atoms with Crippen molar-refractivity contribution in [3.05, 3.63) is 48.5 Å². The van der Waals surface area contributed by atoms with E-state index in [0.29, 0.717) is 13.1 Å². The van der Waals surface area contributed by atoms with Gasteiger partial charge in [-0.15, -0.1) is 12.4 Å². The number of rotatable bonds is 8. The molecule has 0 bridgehead atoms. The van der Waals surface area contributed by atoms with Gasteiger partial charge in [-0.2, -0.15) is 15.4 Å². The van der Waals surface area contributed by atoms with Gasteiger partial charge in [0.25, 0.3) is 0 Å². The van der Waals surface area contributed by atoms with E-state index >= 15 is 0 Å². The number of hydrogen-bond donors (Lipinski definition) is 3. The lowest BCUT2D eigenvalue weighted by Gasteiger charge is -2.15. The van der Waals surface area contributed by atoms with E-state index in [9.17, 15) is 8.42 Å². The fourth-order valence-electron chi connectivity index (χ4n) is 2.48. The molecular weight excluding hydrogens is 376 g/mol. The molecule has 3 aromatic rings. The molecule has 0 amide bonds. The Bertz CT molecular complexity index is 933. The van der Waals surface area contributed by atoms with E-state index in [1.165, 1.54) is 0 Å². The lowest BCUT2D eigenvalue weighted by Crippen LogP contribution is -2.40. The van der Waals surface area contributed by atoms with Gasteiger partial charge in [-0.3, -0.25) is 4.98 Å². The number of fused-ring (bicyclic) bond motifs is 1. The van der Waals surface area contributed by atoms with Crippen LogP contribution in [-0.2, 0) is 16.4 Å². The molecule has 0 aliphatic rings. The highest BCUT2D eigenvalue weighted by Gasteiger charge is 2.17. The Morgan fingerprint density at radius 1 is 1.19 bits per heavy atom. The van der Waals surface area contributed by atoms with Gasteiger partial charge in [0.15, 0.2) is 0 Å². The monoisotopic (exact) mass is 396 g/mol. The first-order chi connectivity index (χ1) is 12.0. The molecule has 0 aliphatic heterocycles. The Balaban J connectivity index is 0.00000243. The maximum Gasteiger partial charge on any atom is 0.240 e. The fraction of sp³-hybridized carbons (Fsp3) is 0.312. The number of aromatic nitrogens is 4. The van der Waals surface area contributed by atoms with Gasteiger partial charge in [0.05, 0.1) is 16.8 Å². The van der Waals surface area contributed by atoms with E-state index in [1.807, 2.05) is 6.92 Å². The minimum absolute atomic E-state index is 0. The number of hydrogen-bond acceptors (Lipinski definition) is 6. The second-order valence-electron chi connectivity index (χ2n) is 5.82. The SMILES string of the molecule is C[C@H](CNCCc1cn[nH]n1)NS(=O)(=O)c1ccc2cnccc2c1.Cl. The Labute approximate surface area is 158 Å². The van der Waals surface area contributed by atoms with Crippen LogP contribution in [0.15, 0.2) is 47.8 Å². The van der Waals surface area contributed by atoms with E-state index in [4.69, 9.17) is 0 Å². The average molecular weight is 397 g/mol. The number of H-pyrrole nitrogens is 1. The van der Waals surface area contributed by atoms with Crippen molar-refractivity contribution in [3.8, 4) is 0 Å². The number of nitrogens with one attached hydrogen (secondary N) is 3. The lowest BCUT2D eigenvalue weighted by atomic mass is 10.2. The molecule has 3 N–H and O–H groups in total. The molecule has 0 aliphatic carbocycles. The summed E-state index contributed by atoms with van der Waals surface area (Å²) in [5, 5.41) is 15.2. The third kappa shape index (κ3) is 5.21. The lowest BCUT2D eigenvalue weighted by molar-refractivity contribution is 0.536. The maximum atomic E-state index is 12.5. The van der Waals surface area contributed by atoms with Gasteiger partial charge in [-0.05, 0) is 30.5 Å². The number of nitrogens with zero attached hydrogens (tertiary/aromatic N) is 3. The molecule has 8 nitrogen and oxygen atoms in total. The summed E-state index contributed by atoms with van der Waals surface area (Å²) in [6.07, 6.45) is 5.76. The van der Waals surface area contributed by atoms with Crippen LogP contribution >= 0.6 is 12.4 Å². The van der Waals surface area contributed by atoms with Crippen LogP contribution in [0.1, 0.15) is 12.6 Å².